The molecule has 2 heterocycles. The molecule has 0 amide bonds. The summed E-state index contributed by atoms with van der Waals surface area (Å²) in [6.07, 6.45) is 4.14. The fourth-order valence-electron chi connectivity index (χ4n) is 5.86. The lowest BCUT2D eigenvalue weighted by Gasteiger charge is -2.29. The van der Waals surface area contributed by atoms with Crippen LogP contribution >= 0.6 is 0 Å². The fourth-order valence-corrected chi connectivity index (χ4v) is 7.75. The van der Waals surface area contributed by atoms with E-state index in [0.29, 0.717) is 19.3 Å². The minimum absolute atomic E-state index is 0.0231. The van der Waals surface area contributed by atoms with Crippen LogP contribution in [0.4, 0.5) is 0 Å². The summed E-state index contributed by atoms with van der Waals surface area (Å²) in [4.78, 5) is 35.7. The molecule has 0 spiro atoms. The van der Waals surface area contributed by atoms with Gasteiger partial charge in [-0.05, 0) is 72.6 Å². The highest BCUT2D eigenvalue weighted by molar-refractivity contribution is 7.87. The van der Waals surface area contributed by atoms with E-state index < -0.39 is 33.2 Å². The Kier molecular flexibility index (Phi) is 7.27. The van der Waals surface area contributed by atoms with Crippen molar-refractivity contribution in [2.24, 2.45) is 28.6 Å². The molecule has 204 valence electrons. The van der Waals surface area contributed by atoms with Gasteiger partial charge in [-0.25, -0.2) is 4.79 Å². The first-order chi connectivity index (χ1) is 16.7. The van der Waals surface area contributed by atoms with Gasteiger partial charge in [0.25, 0.3) is 10.1 Å². The summed E-state index contributed by atoms with van der Waals surface area (Å²) >= 11 is 0. The van der Waals surface area contributed by atoms with Crippen molar-refractivity contribution in [3.63, 3.8) is 0 Å². The van der Waals surface area contributed by atoms with Crippen molar-refractivity contribution in [1.82, 2.24) is 0 Å². The van der Waals surface area contributed by atoms with E-state index in [1.165, 1.54) is 0 Å². The zero-order valence-corrected chi connectivity index (χ0v) is 23.0. The zero-order valence-electron chi connectivity index (χ0n) is 22.2. The Hall–Kier alpha value is -1.68. The van der Waals surface area contributed by atoms with Crippen molar-refractivity contribution in [2.45, 2.75) is 116 Å². The maximum absolute atomic E-state index is 12.1. The third kappa shape index (κ3) is 4.79. The van der Waals surface area contributed by atoms with Gasteiger partial charge in [-0.2, -0.15) is 8.42 Å². The van der Waals surface area contributed by atoms with Crippen LogP contribution in [-0.4, -0.2) is 56.0 Å². The van der Waals surface area contributed by atoms with Crippen LogP contribution in [0, 0.1) is 28.6 Å². The molecule has 10 heteroatoms. The highest BCUT2D eigenvalue weighted by atomic mass is 32.2. The van der Waals surface area contributed by atoms with Gasteiger partial charge in [-0.1, -0.05) is 13.8 Å². The van der Waals surface area contributed by atoms with Gasteiger partial charge in [-0.15, -0.1) is 0 Å². The molecule has 2 bridgehead atoms. The van der Waals surface area contributed by atoms with Crippen molar-refractivity contribution in [3.8, 4) is 0 Å². The standard InChI is InChI=1S/C13H20O5S.C13H20O4/c1-4-13(2,3)12(14)17-10-7-5-8-9(6-7)19(15,16)18-11(8)10;1-4-13(2,3)12(15)17-10-8-6-5-7-9(8)16-11(10)14/h7-11H,4-6H2,1-3H3;8-10H,4-7H2,1-3H3. The van der Waals surface area contributed by atoms with Crippen LogP contribution < -0.4 is 0 Å². The second kappa shape index (κ2) is 9.57. The van der Waals surface area contributed by atoms with Crippen LogP contribution in [0.25, 0.3) is 0 Å². The number of carbonyl (C=O) groups excluding carboxylic acids is 3. The van der Waals surface area contributed by atoms with Gasteiger partial charge in [-0.3, -0.25) is 13.8 Å². The number of rotatable bonds is 6. The van der Waals surface area contributed by atoms with Crippen LogP contribution in [0.2, 0.25) is 0 Å². The lowest BCUT2D eigenvalue weighted by molar-refractivity contribution is -0.169. The molecule has 2 saturated heterocycles. The summed E-state index contributed by atoms with van der Waals surface area (Å²) in [5.41, 5.74) is -1.06. The number of hydrogen-bond donors (Lipinski definition) is 0. The van der Waals surface area contributed by atoms with Gasteiger partial charge in [0.1, 0.15) is 18.3 Å². The summed E-state index contributed by atoms with van der Waals surface area (Å²) in [5.74, 6) is -0.656. The van der Waals surface area contributed by atoms with Crippen molar-refractivity contribution < 1.29 is 41.2 Å². The molecule has 2 aliphatic heterocycles. The normalized spacial score (nSPS) is 37.7. The molecule has 0 aromatic rings. The van der Waals surface area contributed by atoms with E-state index in [2.05, 4.69) is 0 Å². The third-order valence-corrected chi connectivity index (χ3v) is 10.9. The Morgan fingerprint density at radius 2 is 1.56 bits per heavy atom. The van der Waals surface area contributed by atoms with Crippen LogP contribution in [0.1, 0.15) is 86.5 Å². The lowest BCUT2D eigenvalue weighted by atomic mass is 9.89. The molecule has 36 heavy (non-hydrogen) atoms. The Balaban J connectivity index is 0.000000170. The Morgan fingerprint density at radius 3 is 2.17 bits per heavy atom. The summed E-state index contributed by atoms with van der Waals surface area (Å²) < 4.78 is 45.0. The topological polar surface area (TPSA) is 122 Å². The molecule has 5 rings (SSSR count). The maximum Gasteiger partial charge on any atom is 0.348 e. The summed E-state index contributed by atoms with van der Waals surface area (Å²) in [6, 6.07) is 0. The van der Waals surface area contributed by atoms with Gasteiger partial charge >= 0.3 is 17.9 Å². The van der Waals surface area contributed by atoms with E-state index in [1.54, 1.807) is 0 Å². The second-order valence-electron chi connectivity index (χ2n) is 12.2. The fraction of sp³-hybridized carbons (Fsp3) is 0.885. The zero-order chi connectivity index (χ0) is 26.6. The van der Waals surface area contributed by atoms with Gasteiger partial charge in [0.2, 0.25) is 6.10 Å². The van der Waals surface area contributed by atoms with Gasteiger partial charge in [0.15, 0.2) is 0 Å². The molecular formula is C26H40O9S. The molecule has 5 fully saturated rings. The second-order valence-corrected chi connectivity index (χ2v) is 14.0. The summed E-state index contributed by atoms with van der Waals surface area (Å²) in [6.45, 7) is 11.2. The van der Waals surface area contributed by atoms with Crippen molar-refractivity contribution in [2.75, 3.05) is 0 Å². The highest BCUT2D eigenvalue weighted by Gasteiger charge is 2.65. The Bertz CT molecular complexity index is 1000. The minimum Gasteiger partial charge on any atom is -0.459 e. The first kappa shape index (κ1) is 27.4. The van der Waals surface area contributed by atoms with Gasteiger partial charge in [0.05, 0.1) is 16.1 Å². The molecule has 8 unspecified atom stereocenters. The van der Waals surface area contributed by atoms with Gasteiger partial charge < -0.3 is 14.2 Å². The molecule has 0 aromatic heterocycles. The van der Waals surface area contributed by atoms with Crippen LogP contribution in [-0.2, 0) is 42.9 Å². The van der Waals surface area contributed by atoms with Crippen LogP contribution in [0.5, 0.6) is 0 Å². The van der Waals surface area contributed by atoms with E-state index in [9.17, 15) is 22.8 Å². The lowest BCUT2D eigenvalue weighted by Crippen LogP contribution is -2.40. The van der Waals surface area contributed by atoms with Crippen LogP contribution in [0.15, 0.2) is 0 Å². The molecule has 0 aromatic carbocycles. The molecule has 3 aliphatic carbocycles. The highest BCUT2D eigenvalue weighted by Crippen LogP contribution is 2.55. The van der Waals surface area contributed by atoms with Gasteiger partial charge in [0, 0.05) is 17.8 Å². The molecule has 5 aliphatic rings. The Morgan fingerprint density at radius 1 is 0.944 bits per heavy atom. The molecular weight excluding hydrogens is 488 g/mol. The molecule has 8 atom stereocenters. The van der Waals surface area contributed by atoms with Crippen molar-refractivity contribution in [1.29, 1.82) is 0 Å². The monoisotopic (exact) mass is 528 g/mol. The SMILES string of the molecule is CCC(C)(C)C(=O)OC1C(=O)OC2CCCC21.CCC(C)(C)C(=O)OC1C2CC3C1OS(=O)(=O)C3C2. The summed E-state index contributed by atoms with van der Waals surface area (Å²) in [7, 11) is -3.43. The number of carbonyl (C=O) groups is 3. The molecule has 0 N–H and O–H groups in total. The smallest absolute Gasteiger partial charge is 0.348 e. The van der Waals surface area contributed by atoms with E-state index >= 15 is 0 Å². The van der Waals surface area contributed by atoms with Crippen LogP contribution in [0.3, 0.4) is 0 Å². The summed E-state index contributed by atoms with van der Waals surface area (Å²) in [5, 5.41) is -0.364. The van der Waals surface area contributed by atoms with E-state index in [4.69, 9.17) is 18.4 Å². The predicted octanol–water partition coefficient (Wildman–Crippen LogP) is 3.53. The van der Waals surface area contributed by atoms with Crippen molar-refractivity contribution >= 4 is 28.0 Å². The largest absolute Gasteiger partial charge is 0.459 e. The van der Waals surface area contributed by atoms with E-state index in [1.807, 2.05) is 41.5 Å². The number of fused-ring (bicyclic) bond motifs is 2. The number of hydrogen-bond acceptors (Lipinski definition) is 9. The Labute approximate surface area is 214 Å². The minimum atomic E-state index is -3.43. The first-order valence-electron chi connectivity index (χ1n) is 13.3. The van der Waals surface area contributed by atoms with E-state index in [0.717, 1.165) is 25.7 Å². The predicted molar refractivity (Wildman–Crippen MR) is 129 cm³/mol. The molecule has 3 saturated carbocycles. The average Bonchev–Trinajstić information content (AvgIpc) is 3.59. The van der Waals surface area contributed by atoms with Crippen molar-refractivity contribution in [3.05, 3.63) is 0 Å². The number of esters is 3. The first-order valence-corrected chi connectivity index (χ1v) is 14.7. The number of ether oxygens (including phenoxy) is 3. The maximum atomic E-state index is 12.1. The molecule has 9 nitrogen and oxygen atoms in total. The molecule has 0 radical (unpaired) electrons. The third-order valence-electron chi connectivity index (χ3n) is 9.16. The van der Waals surface area contributed by atoms with E-state index in [-0.39, 0.29) is 53.1 Å². The quantitative estimate of drug-likeness (QED) is 0.289. The average molecular weight is 529 g/mol.